The second-order valence-electron chi connectivity index (χ2n) is 1.78. The Balaban J connectivity index is 2.77. The molecule has 1 fully saturated rings. The van der Waals surface area contributed by atoms with Crippen molar-refractivity contribution in [3.05, 3.63) is 25.1 Å². The summed E-state index contributed by atoms with van der Waals surface area (Å²) in [5.74, 6) is 0. The van der Waals surface area contributed by atoms with E-state index in [1.807, 2.05) is 0 Å². The van der Waals surface area contributed by atoms with Crippen molar-refractivity contribution in [1.29, 1.82) is 0 Å². The summed E-state index contributed by atoms with van der Waals surface area (Å²) in [6, 6.07) is -0.144. The van der Waals surface area contributed by atoms with Gasteiger partial charge in [0, 0.05) is 11.9 Å². The highest BCUT2D eigenvalue weighted by molar-refractivity contribution is 5.80. The number of urea groups is 1. The number of nitrogens with zero attached hydrogens (tertiary/aromatic N) is 1. The Kier molecular flexibility index (Phi) is 1.26. The van der Waals surface area contributed by atoms with Gasteiger partial charge in [-0.3, -0.25) is 4.90 Å². The van der Waals surface area contributed by atoms with Gasteiger partial charge < -0.3 is 5.32 Å². The van der Waals surface area contributed by atoms with Crippen LogP contribution in [0.4, 0.5) is 4.79 Å². The van der Waals surface area contributed by atoms with Crippen LogP contribution in [-0.2, 0) is 0 Å². The van der Waals surface area contributed by atoms with Crippen molar-refractivity contribution in [2.45, 2.75) is 0 Å². The summed E-state index contributed by atoms with van der Waals surface area (Å²) in [6.07, 6.45) is 1.45. The van der Waals surface area contributed by atoms with Crippen LogP contribution in [0.3, 0.4) is 0 Å². The SMILES string of the molecule is C=CN1C(=C)CNC1=O. The maximum atomic E-state index is 10.7. The lowest BCUT2D eigenvalue weighted by atomic mass is 10.5. The number of nitrogens with one attached hydrogen (secondary N) is 1. The van der Waals surface area contributed by atoms with E-state index in [2.05, 4.69) is 18.5 Å². The average molecular weight is 124 g/mol. The smallest absolute Gasteiger partial charge is 0.326 e. The molecule has 0 atom stereocenters. The molecule has 1 saturated heterocycles. The molecule has 0 aromatic carbocycles. The number of hydrogen-bond donors (Lipinski definition) is 1. The maximum Gasteiger partial charge on any atom is 0.326 e. The molecule has 1 aliphatic rings. The maximum absolute atomic E-state index is 10.7. The zero-order valence-corrected chi connectivity index (χ0v) is 5.05. The van der Waals surface area contributed by atoms with Gasteiger partial charge in [-0.15, -0.1) is 0 Å². The predicted octanol–water partition coefficient (Wildman–Crippen LogP) is 0.669. The molecule has 1 heterocycles. The summed E-state index contributed by atoms with van der Waals surface area (Å²) in [5.41, 5.74) is 0.745. The molecule has 0 radical (unpaired) electrons. The largest absolute Gasteiger partial charge is 0.332 e. The fourth-order valence-electron chi connectivity index (χ4n) is 0.704. The number of hydrogen-bond acceptors (Lipinski definition) is 1. The Morgan fingerprint density at radius 3 is 2.67 bits per heavy atom. The topological polar surface area (TPSA) is 32.3 Å². The molecule has 0 saturated carbocycles. The fraction of sp³-hybridized carbons (Fsp3) is 0.167. The van der Waals surface area contributed by atoms with Gasteiger partial charge in [0.25, 0.3) is 0 Å². The van der Waals surface area contributed by atoms with Gasteiger partial charge in [-0.05, 0) is 0 Å². The minimum Gasteiger partial charge on any atom is -0.332 e. The zero-order valence-electron chi connectivity index (χ0n) is 5.05. The molecule has 0 bridgehead atoms. The van der Waals surface area contributed by atoms with E-state index in [0.717, 1.165) is 5.70 Å². The highest BCUT2D eigenvalue weighted by Gasteiger charge is 2.19. The second-order valence-corrected chi connectivity index (χ2v) is 1.78. The molecule has 48 valence electrons. The summed E-state index contributed by atoms with van der Waals surface area (Å²) in [7, 11) is 0. The fourth-order valence-corrected chi connectivity index (χ4v) is 0.704. The first-order valence-corrected chi connectivity index (χ1v) is 2.63. The van der Waals surface area contributed by atoms with Crippen molar-refractivity contribution in [3.8, 4) is 0 Å². The quantitative estimate of drug-likeness (QED) is 0.547. The van der Waals surface area contributed by atoms with Crippen LogP contribution in [-0.4, -0.2) is 17.5 Å². The van der Waals surface area contributed by atoms with E-state index in [4.69, 9.17) is 0 Å². The minimum absolute atomic E-state index is 0.144. The van der Waals surface area contributed by atoms with E-state index in [1.165, 1.54) is 11.1 Å². The molecule has 0 aliphatic carbocycles. The molecule has 1 rings (SSSR count). The van der Waals surface area contributed by atoms with E-state index in [0.29, 0.717) is 6.54 Å². The Hall–Kier alpha value is -1.25. The Labute approximate surface area is 53.7 Å². The minimum atomic E-state index is -0.144. The molecule has 2 amide bonds. The Bertz CT molecular complexity index is 158. The summed E-state index contributed by atoms with van der Waals surface area (Å²) in [6.45, 7) is 7.61. The molecule has 9 heavy (non-hydrogen) atoms. The molecule has 0 aromatic heterocycles. The standard InChI is InChI=1S/C6H8N2O/c1-3-8-5(2)4-7-6(8)9/h3H,1-2,4H2,(H,7,9). The lowest BCUT2D eigenvalue weighted by molar-refractivity contribution is 0.233. The number of carbonyl (C=O) groups excluding carboxylic acids is 1. The summed E-state index contributed by atoms with van der Waals surface area (Å²) < 4.78 is 0. The molecule has 3 heteroatoms. The third kappa shape index (κ3) is 0.806. The Morgan fingerprint density at radius 1 is 1.78 bits per heavy atom. The van der Waals surface area contributed by atoms with Gasteiger partial charge in [0.05, 0.1) is 6.54 Å². The third-order valence-electron chi connectivity index (χ3n) is 1.19. The highest BCUT2D eigenvalue weighted by atomic mass is 16.2. The molecule has 0 unspecified atom stereocenters. The predicted molar refractivity (Wildman–Crippen MR) is 34.6 cm³/mol. The van der Waals surface area contributed by atoms with Crippen molar-refractivity contribution in [2.24, 2.45) is 0 Å². The number of rotatable bonds is 1. The van der Waals surface area contributed by atoms with Crippen molar-refractivity contribution in [1.82, 2.24) is 10.2 Å². The summed E-state index contributed by atoms with van der Waals surface area (Å²) in [5, 5.41) is 2.59. The average Bonchev–Trinajstić information content (AvgIpc) is 2.12. The van der Waals surface area contributed by atoms with Crippen LogP contribution in [0.25, 0.3) is 0 Å². The lowest BCUT2D eigenvalue weighted by Gasteiger charge is -2.06. The highest BCUT2D eigenvalue weighted by Crippen LogP contribution is 2.07. The van der Waals surface area contributed by atoms with Crippen molar-refractivity contribution >= 4 is 6.03 Å². The van der Waals surface area contributed by atoms with Gasteiger partial charge in [0.2, 0.25) is 0 Å². The van der Waals surface area contributed by atoms with Crippen LogP contribution in [0.15, 0.2) is 25.1 Å². The van der Waals surface area contributed by atoms with Crippen LogP contribution in [0, 0.1) is 0 Å². The van der Waals surface area contributed by atoms with Gasteiger partial charge in [-0.25, -0.2) is 4.79 Å². The first-order valence-electron chi connectivity index (χ1n) is 2.63. The molecule has 3 nitrogen and oxygen atoms in total. The van der Waals surface area contributed by atoms with Crippen molar-refractivity contribution < 1.29 is 4.79 Å². The first kappa shape index (κ1) is 5.88. The van der Waals surface area contributed by atoms with Crippen molar-refractivity contribution in [3.63, 3.8) is 0 Å². The van der Waals surface area contributed by atoms with E-state index >= 15 is 0 Å². The van der Waals surface area contributed by atoms with Gasteiger partial charge in [0.1, 0.15) is 0 Å². The first-order chi connectivity index (χ1) is 4.25. The third-order valence-corrected chi connectivity index (χ3v) is 1.19. The second kappa shape index (κ2) is 1.93. The number of amides is 2. The van der Waals surface area contributed by atoms with E-state index in [9.17, 15) is 4.79 Å². The Morgan fingerprint density at radius 2 is 2.44 bits per heavy atom. The van der Waals surface area contributed by atoms with Gasteiger partial charge in [-0.1, -0.05) is 13.2 Å². The van der Waals surface area contributed by atoms with Crippen LogP contribution < -0.4 is 5.32 Å². The van der Waals surface area contributed by atoms with Crippen LogP contribution >= 0.6 is 0 Å². The van der Waals surface area contributed by atoms with Crippen LogP contribution in [0.1, 0.15) is 0 Å². The summed E-state index contributed by atoms with van der Waals surface area (Å²) in [4.78, 5) is 12.1. The molecule has 0 aromatic rings. The van der Waals surface area contributed by atoms with Gasteiger partial charge in [0.15, 0.2) is 0 Å². The molecular formula is C6H8N2O. The lowest BCUT2D eigenvalue weighted by Crippen LogP contribution is -2.21. The summed E-state index contributed by atoms with van der Waals surface area (Å²) >= 11 is 0. The molecule has 1 N–H and O–H groups in total. The van der Waals surface area contributed by atoms with Gasteiger partial charge in [-0.2, -0.15) is 0 Å². The monoisotopic (exact) mass is 124 g/mol. The van der Waals surface area contributed by atoms with Gasteiger partial charge >= 0.3 is 6.03 Å². The van der Waals surface area contributed by atoms with E-state index in [-0.39, 0.29) is 6.03 Å². The molecule has 1 aliphatic heterocycles. The van der Waals surface area contributed by atoms with Crippen molar-refractivity contribution in [2.75, 3.05) is 6.54 Å². The molecule has 0 spiro atoms. The van der Waals surface area contributed by atoms with E-state index in [1.54, 1.807) is 0 Å². The normalized spacial score (nSPS) is 18.0. The van der Waals surface area contributed by atoms with Crippen LogP contribution in [0.5, 0.6) is 0 Å². The molecular weight excluding hydrogens is 116 g/mol. The van der Waals surface area contributed by atoms with Crippen LogP contribution in [0.2, 0.25) is 0 Å². The number of carbonyl (C=O) groups is 1. The zero-order chi connectivity index (χ0) is 6.85. The van der Waals surface area contributed by atoms with E-state index < -0.39 is 0 Å².